The van der Waals surface area contributed by atoms with Gasteiger partial charge in [-0.2, -0.15) is 0 Å². The third-order valence-corrected chi connectivity index (χ3v) is 1.41. The fourth-order valence-corrected chi connectivity index (χ4v) is 0.642. The van der Waals surface area contributed by atoms with E-state index in [0.29, 0.717) is 12.5 Å². The summed E-state index contributed by atoms with van der Waals surface area (Å²) >= 11 is 0. The van der Waals surface area contributed by atoms with Crippen LogP contribution in [0.2, 0.25) is 0 Å². The predicted octanol–water partition coefficient (Wildman–Crippen LogP) is 2.64. The Kier molecular flexibility index (Phi) is 14.1. The summed E-state index contributed by atoms with van der Waals surface area (Å²) in [6, 6.07) is 0. The molecule has 0 radical (unpaired) electrons. The number of hydrogen-bond donors (Lipinski definition) is 0. The van der Waals surface area contributed by atoms with E-state index in [1.807, 2.05) is 13.8 Å². The normalized spacial score (nSPS) is 9.29. The monoisotopic (exact) mass is 204 g/mol. The van der Waals surface area contributed by atoms with Crippen LogP contribution in [0, 0.1) is 5.92 Å². The van der Waals surface area contributed by atoms with E-state index < -0.39 is 0 Å². The number of rotatable bonds is 5. The van der Waals surface area contributed by atoms with Crippen LogP contribution in [-0.4, -0.2) is 25.8 Å². The van der Waals surface area contributed by atoms with Gasteiger partial charge in [-0.3, -0.25) is 4.79 Å². The molecule has 0 aromatic carbocycles. The highest BCUT2D eigenvalue weighted by molar-refractivity contribution is 5.65. The van der Waals surface area contributed by atoms with Gasteiger partial charge < -0.3 is 9.47 Å². The molecule has 0 saturated heterocycles. The van der Waals surface area contributed by atoms with Crippen molar-refractivity contribution in [2.45, 2.75) is 41.0 Å². The Labute approximate surface area is 87.8 Å². The predicted molar refractivity (Wildman–Crippen MR) is 58.3 cm³/mol. The highest BCUT2D eigenvalue weighted by Gasteiger charge is 1.94. The molecule has 0 N–H and O–H groups in total. The van der Waals surface area contributed by atoms with E-state index in [-0.39, 0.29) is 5.97 Å². The lowest BCUT2D eigenvalue weighted by Gasteiger charge is -2.02. The lowest BCUT2D eigenvalue weighted by molar-refractivity contribution is -0.141. The van der Waals surface area contributed by atoms with Crippen LogP contribution in [0.5, 0.6) is 0 Å². The van der Waals surface area contributed by atoms with Crippen LogP contribution in [0.15, 0.2) is 0 Å². The summed E-state index contributed by atoms with van der Waals surface area (Å²) in [7, 11) is 0. The van der Waals surface area contributed by atoms with Crippen LogP contribution >= 0.6 is 0 Å². The Morgan fingerprint density at radius 3 is 1.93 bits per heavy atom. The van der Waals surface area contributed by atoms with Gasteiger partial charge in [-0.15, -0.1) is 0 Å². The molecule has 0 aromatic rings. The van der Waals surface area contributed by atoms with Crippen molar-refractivity contribution in [2.24, 2.45) is 5.92 Å². The van der Waals surface area contributed by atoms with Crippen molar-refractivity contribution in [2.75, 3.05) is 19.8 Å². The van der Waals surface area contributed by atoms with Gasteiger partial charge in [0.15, 0.2) is 0 Å². The summed E-state index contributed by atoms with van der Waals surface area (Å²) in [5, 5.41) is 0. The summed E-state index contributed by atoms with van der Waals surface area (Å²) in [6.07, 6.45) is 0.958. The SMILES string of the molecule is CC(=O)OCCC(C)C.CCOCC. The molecule has 0 rings (SSSR count). The number of esters is 1. The Hall–Kier alpha value is -0.570. The van der Waals surface area contributed by atoms with Crippen molar-refractivity contribution < 1.29 is 14.3 Å². The van der Waals surface area contributed by atoms with E-state index in [1.54, 1.807) is 0 Å². The second kappa shape index (κ2) is 12.4. The zero-order valence-electron chi connectivity index (χ0n) is 10.1. The van der Waals surface area contributed by atoms with Crippen LogP contribution in [0.3, 0.4) is 0 Å². The quantitative estimate of drug-likeness (QED) is 0.646. The molecule has 0 aliphatic carbocycles. The molecule has 3 nitrogen and oxygen atoms in total. The molecule has 0 bridgehead atoms. The zero-order chi connectivity index (χ0) is 11.4. The maximum absolute atomic E-state index is 10.2. The average molecular weight is 204 g/mol. The average Bonchev–Trinajstić information content (AvgIpc) is 2.05. The molecular weight excluding hydrogens is 180 g/mol. The van der Waals surface area contributed by atoms with E-state index in [9.17, 15) is 4.79 Å². The molecule has 0 atom stereocenters. The van der Waals surface area contributed by atoms with Crippen molar-refractivity contribution >= 4 is 5.97 Å². The molecule has 0 saturated carbocycles. The Balaban J connectivity index is 0. The van der Waals surface area contributed by atoms with Gasteiger partial charge in [0.05, 0.1) is 6.61 Å². The van der Waals surface area contributed by atoms with Crippen LogP contribution in [-0.2, 0) is 14.3 Å². The zero-order valence-corrected chi connectivity index (χ0v) is 10.1. The molecule has 0 unspecified atom stereocenters. The molecule has 3 heteroatoms. The summed E-state index contributed by atoms with van der Waals surface area (Å²) in [5.74, 6) is 0.431. The van der Waals surface area contributed by atoms with Crippen molar-refractivity contribution in [3.05, 3.63) is 0 Å². The van der Waals surface area contributed by atoms with Crippen LogP contribution < -0.4 is 0 Å². The standard InChI is InChI=1S/C7H14O2.C4H10O/c1-6(2)4-5-9-7(3)8;1-3-5-4-2/h6H,4-5H2,1-3H3;3-4H2,1-2H3. The minimum absolute atomic E-state index is 0.185. The van der Waals surface area contributed by atoms with Gasteiger partial charge in [0.1, 0.15) is 0 Å². The number of carbonyl (C=O) groups excluding carboxylic acids is 1. The van der Waals surface area contributed by atoms with E-state index >= 15 is 0 Å². The highest BCUT2D eigenvalue weighted by atomic mass is 16.5. The molecule has 0 spiro atoms. The molecule has 0 aromatic heterocycles. The summed E-state index contributed by atoms with van der Waals surface area (Å²) in [5.41, 5.74) is 0. The maximum Gasteiger partial charge on any atom is 0.302 e. The van der Waals surface area contributed by atoms with Gasteiger partial charge in [-0.05, 0) is 26.2 Å². The lowest BCUT2D eigenvalue weighted by atomic mass is 10.1. The molecule has 0 aliphatic rings. The van der Waals surface area contributed by atoms with E-state index in [2.05, 4.69) is 13.8 Å². The lowest BCUT2D eigenvalue weighted by Crippen LogP contribution is -2.02. The second-order valence-electron chi connectivity index (χ2n) is 3.30. The smallest absolute Gasteiger partial charge is 0.302 e. The Morgan fingerprint density at radius 1 is 1.21 bits per heavy atom. The van der Waals surface area contributed by atoms with Crippen LogP contribution in [0.4, 0.5) is 0 Å². The van der Waals surface area contributed by atoms with Crippen molar-refractivity contribution in [3.8, 4) is 0 Å². The van der Waals surface area contributed by atoms with E-state index in [4.69, 9.17) is 9.47 Å². The summed E-state index contributed by atoms with van der Waals surface area (Å²) < 4.78 is 9.55. The fraction of sp³-hybridized carbons (Fsp3) is 0.909. The molecule has 14 heavy (non-hydrogen) atoms. The molecule has 0 heterocycles. The van der Waals surface area contributed by atoms with Crippen molar-refractivity contribution in [1.82, 2.24) is 0 Å². The number of hydrogen-bond acceptors (Lipinski definition) is 3. The largest absolute Gasteiger partial charge is 0.466 e. The first-order valence-electron chi connectivity index (χ1n) is 5.25. The van der Waals surface area contributed by atoms with Gasteiger partial charge in [0.2, 0.25) is 0 Å². The third kappa shape index (κ3) is 22.5. The van der Waals surface area contributed by atoms with Gasteiger partial charge >= 0.3 is 5.97 Å². The maximum atomic E-state index is 10.2. The summed E-state index contributed by atoms with van der Waals surface area (Å²) in [6.45, 7) is 11.9. The topological polar surface area (TPSA) is 35.5 Å². The summed E-state index contributed by atoms with van der Waals surface area (Å²) in [4.78, 5) is 10.2. The van der Waals surface area contributed by atoms with Crippen LogP contribution in [0.25, 0.3) is 0 Å². The first-order valence-corrected chi connectivity index (χ1v) is 5.25. The fourth-order valence-electron chi connectivity index (χ4n) is 0.642. The van der Waals surface area contributed by atoms with E-state index in [1.165, 1.54) is 6.92 Å². The molecule has 86 valence electrons. The van der Waals surface area contributed by atoms with Crippen molar-refractivity contribution in [3.63, 3.8) is 0 Å². The molecule has 0 amide bonds. The number of ether oxygens (including phenoxy) is 2. The van der Waals surface area contributed by atoms with Crippen LogP contribution in [0.1, 0.15) is 41.0 Å². The van der Waals surface area contributed by atoms with E-state index in [0.717, 1.165) is 19.6 Å². The minimum Gasteiger partial charge on any atom is -0.466 e. The third-order valence-electron chi connectivity index (χ3n) is 1.41. The van der Waals surface area contributed by atoms with Gasteiger partial charge in [0, 0.05) is 20.1 Å². The first kappa shape index (κ1) is 15.9. The Bertz CT molecular complexity index is 120. The van der Waals surface area contributed by atoms with Crippen molar-refractivity contribution in [1.29, 1.82) is 0 Å². The number of carbonyl (C=O) groups is 1. The molecule has 0 aliphatic heterocycles. The minimum atomic E-state index is -0.185. The van der Waals surface area contributed by atoms with Gasteiger partial charge in [0.25, 0.3) is 0 Å². The molecular formula is C11H24O3. The van der Waals surface area contributed by atoms with Gasteiger partial charge in [-0.25, -0.2) is 0 Å². The first-order chi connectivity index (χ1) is 6.54. The highest BCUT2D eigenvalue weighted by Crippen LogP contribution is 1.98. The second-order valence-corrected chi connectivity index (χ2v) is 3.30. The Morgan fingerprint density at radius 2 is 1.71 bits per heavy atom. The molecule has 0 fully saturated rings. The van der Waals surface area contributed by atoms with Gasteiger partial charge in [-0.1, -0.05) is 13.8 Å².